The van der Waals surface area contributed by atoms with Crippen LogP contribution in [0.5, 0.6) is 11.5 Å². The molecular formula is C26H27N3O4. The van der Waals surface area contributed by atoms with Crippen LogP contribution in [0.15, 0.2) is 65.7 Å². The fourth-order valence-corrected chi connectivity index (χ4v) is 3.58. The minimum atomic E-state index is -0.191. The second kappa shape index (κ2) is 9.65. The molecule has 0 fully saturated rings. The van der Waals surface area contributed by atoms with Crippen LogP contribution in [0, 0.1) is 6.92 Å². The second-order valence-corrected chi connectivity index (χ2v) is 7.81. The molecule has 0 aromatic heterocycles. The average Bonchev–Trinajstić information content (AvgIpc) is 3.38. The quantitative estimate of drug-likeness (QED) is 0.551. The van der Waals surface area contributed by atoms with Gasteiger partial charge in [-0.25, -0.2) is 4.99 Å². The summed E-state index contributed by atoms with van der Waals surface area (Å²) in [6.45, 7) is 3.68. The van der Waals surface area contributed by atoms with Crippen molar-refractivity contribution in [1.82, 2.24) is 0 Å². The van der Waals surface area contributed by atoms with Gasteiger partial charge in [-0.05, 0) is 60.5 Å². The highest BCUT2D eigenvalue weighted by molar-refractivity contribution is 6.07. The molecule has 0 aliphatic carbocycles. The zero-order valence-corrected chi connectivity index (χ0v) is 19.0. The van der Waals surface area contributed by atoms with Crippen LogP contribution < -0.4 is 20.1 Å². The maximum Gasteiger partial charge on any atom is 0.258 e. The molecular weight excluding hydrogens is 418 g/mol. The summed E-state index contributed by atoms with van der Waals surface area (Å²) in [6.07, 6.45) is 0. The van der Waals surface area contributed by atoms with Crippen molar-refractivity contribution in [1.29, 1.82) is 0 Å². The molecule has 170 valence electrons. The minimum absolute atomic E-state index is 0.191. The van der Waals surface area contributed by atoms with E-state index >= 15 is 0 Å². The van der Waals surface area contributed by atoms with Crippen LogP contribution in [0.1, 0.15) is 27.0 Å². The lowest BCUT2D eigenvalue weighted by Gasteiger charge is -2.22. The Bertz CT molecular complexity index is 1190. The van der Waals surface area contributed by atoms with Gasteiger partial charge in [-0.2, -0.15) is 0 Å². The molecule has 1 aliphatic heterocycles. The van der Waals surface area contributed by atoms with Gasteiger partial charge < -0.3 is 24.8 Å². The summed E-state index contributed by atoms with van der Waals surface area (Å²) in [5.74, 6) is 1.58. The topological polar surface area (TPSA) is 86.4 Å². The van der Waals surface area contributed by atoms with Gasteiger partial charge in [0.1, 0.15) is 24.7 Å². The van der Waals surface area contributed by atoms with Crippen molar-refractivity contribution in [3.05, 3.63) is 82.9 Å². The van der Waals surface area contributed by atoms with Crippen LogP contribution in [0.4, 0.5) is 11.4 Å². The molecule has 33 heavy (non-hydrogen) atoms. The van der Waals surface area contributed by atoms with Crippen molar-refractivity contribution in [2.45, 2.75) is 13.5 Å². The van der Waals surface area contributed by atoms with E-state index in [9.17, 15) is 4.79 Å². The molecule has 0 bridgehead atoms. The smallest absolute Gasteiger partial charge is 0.258 e. The highest BCUT2D eigenvalue weighted by Crippen LogP contribution is 2.31. The van der Waals surface area contributed by atoms with E-state index in [1.54, 1.807) is 30.1 Å². The summed E-state index contributed by atoms with van der Waals surface area (Å²) < 4.78 is 16.9. The Morgan fingerprint density at radius 1 is 1.09 bits per heavy atom. The molecule has 0 saturated heterocycles. The molecule has 0 radical (unpaired) electrons. The number of carbonyl (C=O) groups excluding carboxylic acids is 1. The van der Waals surface area contributed by atoms with Gasteiger partial charge in [-0.1, -0.05) is 18.2 Å². The standard InChI is InChI=1S/C26H27N3O4/c1-17-4-11-22(29(2)26(30)20-9-10-21(27)23(15-20)31-3)24(14-17)33-16-18-5-7-19(8-6-18)25-28-12-13-32-25/h4-11,14-15H,12-13,16,27H2,1-3H3. The van der Waals surface area contributed by atoms with Crippen LogP contribution >= 0.6 is 0 Å². The number of carbonyl (C=O) groups is 1. The molecule has 2 N–H and O–H groups in total. The van der Waals surface area contributed by atoms with Gasteiger partial charge in [0.25, 0.3) is 5.91 Å². The SMILES string of the molecule is COc1cc(C(=O)N(C)c2ccc(C)cc2OCc2ccc(C3=NCCO3)cc2)ccc1N. The molecule has 1 amide bonds. The zero-order chi connectivity index (χ0) is 23.4. The number of nitrogens with two attached hydrogens (primary N) is 1. The Morgan fingerprint density at radius 3 is 2.58 bits per heavy atom. The number of aliphatic imine (C=N–C) groups is 1. The Kier molecular flexibility index (Phi) is 6.49. The van der Waals surface area contributed by atoms with Crippen LogP contribution in [-0.4, -0.2) is 39.1 Å². The van der Waals surface area contributed by atoms with E-state index in [4.69, 9.17) is 19.9 Å². The van der Waals surface area contributed by atoms with Gasteiger partial charge in [-0.15, -0.1) is 0 Å². The Morgan fingerprint density at radius 2 is 1.88 bits per heavy atom. The van der Waals surface area contributed by atoms with Crippen LogP contribution in [0.25, 0.3) is 0 Å². The molecule has 7 nitrogen and oxygen atoms in total. The van der Waals surface area contributed by atoms with Crippen LogP contribution in [0.2, 0.25) is 0 Å². The molecule has 0 unspecified atom stereocenters. The molecule has 7 heteroatoms. The van der Waals surface area contributed by atoms with Gasteiger partial charge in [-0.3, -0.25) is 4.79 Å². The summed E-state index contributed by atoms with van der Waals surface area (Å²) in [6, 6.07) is 18.7. The molecule has 1 aliphatic rings. The summed E-state index contributed by atoms with van der Waals surface area (Å²) in [7, 11) is 3.25. The van der Waals surface area contributed by atoms with Crippen molar-refractivity contribution >= 4 is 23.2 Å². The minimum Gasteiger partial charge on any atom is -0.495 e. The maximum atomic E-state index is 13.2. The summed E-state index contributed by atoms with van der Waals surface area (Å²) >= 11 is 0. The lowest BCUT2D eigenvalue weighted by Crippen LogP contribution is -2.26. The number of hydrogen-bond acceptors (Lipinski definition) is 6. The number of benzene rings is 3. The van der Waals surface area contributed by atoms with Crippen molar-refractivity contribution in [3.63, 3.8) is 0 Å². The van der Waals surface area contributed by atoms with Crippen LogP contribution in [0.3, 0.4) is 0 Å². The number of rotatable bonds is 7. The molecule has 0 atom stereocenters. The number of nitrogen functional groups attached to an aromatic ring is 1. The number of nitrogens with zero attached hydrogens (tertiary/aromatic N) is 2. The lowest BCUT2D eigenvalue weighted by molar-refractivity contribution is 0.0991. The molecule has 4 rings (SSSR count). The van der Waals surface area contributed by atoms with Gasteiger partial charge in [0.15, 0.2) is 0 Å². The number of anilines is 2. The maximum absolute atomic E-state index is 13.2. The van der Waals surface area contributed by atoms with Crippen LogP contribution in [-0.2, 0) is 11.3 Å². The van der Waals surface area contributed by atoms with E-state index in [0.29, 0.717) is 54.1 Å². The number of aryl methyl sites for hydroxylation is 1. The first-order valence-corrected chi connectivity index (χ1v) is 10.7. The molecule has 1 heterocycles. The van der Waals surface area contributed by atoms with E-state index in [1.165, 1.54) is 7.11 Å². The van der Waals surface area contributed by atoms with E-state index in [0.717, 1.165) is 16.7 Å². The predicted molar refractivity (Wildman–Crippen MR) is 129 cm³/mol. The zero-order valence-electron chi connectivity index (χ0n) is 19.0. The van der Waals surface area contributed by atoms with E-state index < -0.39 is 0 Å². The average molecular weight is 446 g/mol. The second-order valence-electron chi connectivity index (χ2n) is 7.81. The Balaban J connectivity index is 1.51. The normalized spacial score (nSPS) is 12.6. The molecule has 0 spiro atoms. The largest absolute Gasteiger partial charge is 0.495 e. The van der Waals surface area contributed by atoms with Gasteiger partial charge in [0.2, 0.25) is 5.90 Å². The van der Waals surface area contributed by atoms with Gasteiger partial charge in [0, 0.05) is 18.2 Å². The third kappa shape index (κ3) is 4.92. The van der Waals surface area contributed by atoms with Crippen molar-refractivity contribution < 1.29 is 19.0 Å². The van der Waals surface area contributed by atoms with Gasteiger partial charge >= 0.3 is 0 Å². The monoisotopic (exact) mass is 445 g/mol. The van der Waals surface area contributed by atoms with Crippen molar-refractivity contribution in [2.24, 2.45) is 4.99 Å². The van der Waals surface area contributed by atoms with Crippen molar-refractivity contribution in [3.8, 4) is 11.5 Å². The first kappa shape index (κ1) is 22.2. The Labute approximate surface area is 193 Å². The summed E-state index contributed by atoms with van der Waals surface area (Å²) in [4.78, 5) is 19.1. The van der Waals surface area contributed by atoms with E-state index in [-0.39, 0.29) is 5.91 Å². The lowest BCUT2D eigenvalue weighted by atomic mass is 10.1. The first-order valence-electron chi connectivity index (χ1n) is 10.7. The highest BCUT2D eigenvalue weighted by Gasteiger charge is 2.19. The summed E-state index contributed by atoms with van der Waals surface area (Å²) in [5.41, 5.74) is 10.5. The number of amides is 1. The molecule has 3 aromatic carbocycles. The number of ether oxygens (including phenoxy) is 3. The predicted octanol–water partition coefficient (Wildman–Crippen LogP) is 4.22. The Hall–Kier alpha value is -4.00. The fraction of sp³-hybridized carbons (Fsp3) is 0.231. The third-order valence-electron chi connectivity index (χ3n) is 5.44. The summed E-state index contributed by atoms with van der Waals surface area (Å²) in [5, 5.41) is 0. The van der Waals surface area contributed by atoms with Crippen molar-refractivity contribution in [2.75, 3.05) is 37.9 Å². The first-order chi connectivity index (χ1) is 16.0. The number of methoxy groups -OCH3 is 1. The fourth-order valence-electron chi connectivity index (χ4n) is 3.58. The third-order valence-corrected chi connectivity index (χ3v) is 5.44. The molecule has 3 aromatic rings. The van der Waals surface area contributed by atoms with Gasteiger partial charge in [0.05, 0.1) is 25.0 Å². The molecule has 0 saturated carbocycles. The highest BCUT2D eigenvalue weighted by atomic mass is 16.5. The van der Waals surface area contributed by atoms with E-state index in [1.807, 2.05) is 49.4 Å². The number of hydrogen-bond donors (Lipinski definition) is 1. The van der Waals surface area contributed by atoms with E-state index in [2.05, 4.69) is 4.99 Å².